The summed E-state index contributed by atoms with van der Waals surface area (Å²) in [5.41, 5.74) is 0.943. The minimum absolute atomic E-state index is 0.0175. The predicted octanol–water partition coefficient (Wildman–Crippen LogP) is -0.263. The molecule has 0 aromatic carbocycles. The Hall–Kier alpha value is -2.25. The summed E-state index contributed by atoms with van der Waals surface area (Å²) in [7, 11) is 0. The highest BCUT2D eigenvalue weighted by molar-refractivity contribution is 6.00. The maximum Gasteiger partial charge on any atom is 0.298 e. The Morgan fingerprint density at radius 2 is 2.40 bits per heavy atom. The first kappa shape index (κ1) is 9.31. The van der Waals surface area contributed by atoms with Crippen LogP contribution in [0.1, 0.15) is 23.2 Å². The SMILES string of the molecule is CCc1cc(NC(=O)c2nn[nH]n2)n[nH]1. The zero-order chi connectivity index (χ0) is 10.7. The average Bonchev–Trinajstić information content (AvgIpc) is 2.87. The van der Waals surface area contributed by atoms with E-state index in [1.807, 2.05) is 6.92 Å². The predicted molar refractivity (Wildman–Crippen MR) is 50.1 cm³/mol. The largest absolute Gasteiger partial charge is 0.302 e. The molecule has 0 aliphatic carbocycles. The van der Waals surface area contributed by atoms with Crippen molar-refractivity contribution in [2.75, 3.05) is 5.32 Å². The van der Waals surface area contributed by atoms with Crippen LogP contribution in [0.15, 0.2) is 6.07 Å². The van der Waals surface area contributed by atoms with E-state index in [9.17, 15) is 4.79 Å². The molecule has 8 heteroatoms. The van der Waals surface area contributed by atoms with Crippen molar-refractivity contribution in [1.82, 2.24) is 30.8 Å². The van der Waals surface area contributed by atoms with Crippen molar-refractivity contribution in [2.45, 2.75) is 13.3 Å². The fraction of sp³-hybridized carbons (Fsp3) is 0.286. The highest BCUT2D eigenvalue weighted by atomic mass is 16.2. The molecule has 0 aliphatic rings. The van der Waals surface area contributed by atoms with Gasteiger partial charge in [-0.1, -0.05) is 6.92 Å². The molecule has 0 unspecified atom stereocenters. The summed E-state index contributed by atoms with van der Waals surface area (Å²) in [6.45, 7) is 1.98. The Morgan fingerprint density at radius 3 is 3.00 bits per heavy atom. The fourth-order valence-corrected chi connectivity index (χ4v) is 1.04. The normalized spacial score (nSPS) is 10.2. The lowest BCUT2D eigenvalue weighted by molar-refractivity contribution is 0.101. The summed E-state index contributed by atoms with van der Waals surface area (Å²) in [6, 6.07) is 1.75. The molecule has 0 bridgehead atoms. The van der Waals surface area contributed by atoms with E-state index in [0.29, 0.717) is 5.82 Å². The summed E-state index contributed by atoms with van der Waals surface area (Å²) in [5, 5.41) is 21.8. The van der Waals surface area contributed by atoms with Crippen molar-refractivity contribution in [1.29, 1.82) is 0 Å². The second-order valence-electron chi connectivity index (χ2n) is 2.82. The van der Waals surface area contributed by atoms with Gasteiger partial charge in [0.15, 0.2) is 5.82 Å². The van der Waals surface area contributed by atoms with E-state index in [1.165, 1.54) is 0 Å². The number of anilines is 1. The first-order valence-corrected chi connectivity index (χ1v) is 4.38. The van der Waals surface area contributed by atoms with Crippen LogP contribution in [0.25, 0.3) is 0 Å². The topological polar surface area (TPSA) is 112 Å². The Bertz CT molecular complexity index is 446. The van der Waals surface area contributed by atoms with Crippen LogP contribution in [0, 0.1) is 0 Å². The molecule has 8 nitrogen and oxygen atoms in total. The van der Waals surface area contributed by atoms with E-state index in [2.05, 4.69) is 36.1 Å². The second kappa shape index (κ2) is 3.86. The monoisotopic (exact) mass is 207 g/mol. The average molecular weight is 207 g/mol. The summed E-state index contributed by atoms with van der Waals surface area (Å²) in [5.74, 6) is -0.0180. The van der Waals surface area contributed by atoms with E-state index in [1.54, 1.807) is 6.07 Å². The summed E-state index contributed by atoms with van der Waals surface area (Å²) >= 11 is 0. The van der Waals surface area contributed by atoms with Gasteiger partial charge in [-0.2, -0.15) is 10.3 Å². The van der Waals surface area contributed by atoms with E-state index >= 15 is 0 Å². The van der Waals surface area contributed by atoms with Crippen molar-refractivity contribution in [3.63, 3.8) is 0 Å². The molecule has 2 aromatic rings. The third-order valence-corrected chi connectivity index (χ3v) is 1.80. The summed E-state index contributed by atoms with van der Waals surface area (Å²) in [6.07, 6.45) is 0.824. The van der Waals surface area contributed by atoms with E-state index in [4.69, 9.17) is 0 Å². The second-order valence-corrected chi connectivity index (χ2v) is 2.82. The molecule has 0 spiro atoms. The van der Waals surface area contributed by atoms with Gasteiger partial charge < -0.3 is 5.32 Å². The number of H-pyrrole nitrogens is 2. The molecule has 0 aliphatic heterocycles. The Labute approximate surface area is 84.5 Å². The van der Waals surface area contributed by atoms with Crippen LogP contribution >= 0.6 is 0 Å². The first-order chi connectivity index (χ1) is 7.29. The minimum atomic E-state index is -0.446. The number of nitrogens with one attached hydrogen (secondary N) is 3. The smallest absolute Gasteiger partial charge is 0.298 e. The number of hydrogen-bond donors (Lipinski definition) is 3. The van der Waals surface area contributed by atoms with Gasteiger partial charge >= 0.3 is 0 Å². The number of nitrogens with zero attached hydrogens (tertiary/aromatic N) is 4. The molecule has 2 rings (SSSR count). The molecule has 1 amide bonds. The van der Waals surface area contributed by atoms with Crippen molar-refractivity contribution in [3.8, 4) is 0 Å². The van der Waals surface area contributed by atoms with Crippen molar-refractivity contribution in [3.05, 3.63) is 17.6 Å². The van der Waals surface area contributed by atoms with E-state index in [-0.39, 0.29) is 5.82 Å². The number of aromatic nitrogens is 6. The molecule has 3 N–H and O–H groups in total. The van der Waals surface area contributed by atoms with Gasteiger partial charge in [0.2, 0.25) is 0 Å². The van der Waals surface area contributed by atoms with Gasteiger partial charge in [0.25, 0.3) is 11.7 Å². The van der Waals surface area contributed by atoms with Crippen LogP contribution in [0.2, 0.25) is 0 Å². The van der Waals surface area contributed by atoms with E-state index < -0.39 is 5.91 Å². The van der Waals surface area contributed by atoms with Crippen LogP contribution in [-0.2, 0) is 6.42 Å². The summed E-state index contributed by atoms with van der Waals surface area (Å²) in [4.78, 5) is 11.4. The van der Waals surface area contributed by atoms with Gasteiger partial charge in [-0.15, -0.1) is 10.2 Å². The van der Waals surface area contributed by atoms with Crippen LogP contribution in [0.3, 0.4) is 0 Å². The molecule has 0 saturated heterocycles. The van der Waals surface area contributed by atoms with Crippen LogP contribution in [-0.4, -0.2) is 36.7 Å². The lowest BCUT2D eigenvalue weighted by Gasteiger charge is -1.94. The quantitative estimate of drug-likeness (QED) is 0.641. The number of aromatic amines is 2. The molecule has 2 heterocycles. The zero-order valence-corrected chi connectivity index (χ0v) is 7.98. The van der Waals surface area contributed by atoms with Gasteiger partial charge in [-0.25, -0.2) is 0 Å². The number of rotatable bonds is 3. The van der Waals surface area contributed by atoms with Gasteiger partial charge in [-0.3, -0.25) is 9.89 Å². The first-order valence-electron chi connectivity index (χ1n) is 4.38. The van der Waals surface area contributed by atoms with Gasteiger partial charge in [-0.05, 0) is 11.6 Å². The van der Waals surface area contributed by atoms with Crippen molar-refractivity contribution < 1.29 is 4.79 Å². The third-order valence-electron chi connectivity index (χ3n) is 1.80. The van der Waals surface area contributed by atoms with Crippen LogP contribution in [0.5, 0.6) is 0 Å². The van der Waals surface area contributed by atoms with Gasteiger partial charge in [0, 0.05) is 11.8 Å². The lowest BCUT2D eigenvalue weighted by atomic mass is 10.3. The third kappa shape index (κ3) is 1.98. The number of carbonyl (C=O) groups is 1. The highest BCUT2D eigenvalue weighted by Gasteiger charge is 2.12. The number of tetrazole rings is 1. The molecule has 0 atom stereocenters. The maximum absolute atomic E-state index is 11.4. The Morgan fingerprint density at radius 1 is 1.53 bits per heavy atom. The molecular formula is C7H9N7O. The van der Waals surface area contributed by atoms with Crippen molar-refractivity contribution in [2.24, 2.45) is 0 Å². The van der Waals surface area contributed by atoms with Crippen LogP contribution < -0.4 is 5.32 Å². The Kier molecular flexibility index (Phi) is 2.40. The van der Waals surface area contributed by atoms with Crippen LogP contribution in [0.4, 0.5) is 5.82 Å². The highest BCUT2D eigenvalue weighted by Crippen LogP contribution is 2.06. The molecule has 0 fully saturated rings. The fourth-order valence-electron chi connectivity index (χ4n) is 1.04. The number of carbonyl (C=O) groups excluding carboxylic acids is 1. The molecule has 0 radical (unpaired) electrons. The lowest BCUT2D eigenvalue weighted by Crippen LogP contribution is -2.14. The number of hydrogen-bond acceptors (Lipinski definition) is 5. The summed E-state index contributed by atoms with van der Waals surface area (Å²) < 4.78 is 0. The molecular weight excluding hydrogens is 198 g/mol. The molecule has 15 heavy (non-hydrogen) atoms. The van der Waals surface area contributed by atoms with Crippen molar-refractivity contribution >= 4 is 11.7 Å². The minimum Gasteiger partial charge on any atom is -0.302 e. The molecule has 2 aromatic heterocycles. The zero-order valence-electron chi connectivity index (χ0n) is 7.98. The molecule has 78 valence electrons. The number of amides is 1. The maximum atomic E-state index is 11.4. The van der Waals surface area contributed by atoms with Gasteiger partial charge in [0.05, 0.1) is 0 Å². The van der Waals surface area contributed by atoms with Gasteiger partial charge in [0.1, 0.15) is 0 Å². The van der Waals surface area contributed by atoms with E-state index in [0.717, 1.165) is 12.1 Å². The standard InChI is InChI=1S/C7H9N7O/c1-2-4-3-5(10-9-4)8-7(15)6-11-13-14-12-6/h3H,2H2,1H3,(H2,8,9,10,15)(H,11,12,13,14). The Balaban J connectivity index is 2.06. The molecule has 0 saturated carbocycles. The number of aryl methyl sites for hydroxylation is 1.